The first-order valence-corrected chi connectivity index (χ1v) is 9.18. The lowest BCUT2D eigenvalue weighted by atomic mass is 9.87. The number of carbonyl (C=O) groups is 1. The Hall–Kier alpha value is -3.40. The van der Waals surface area contributed by atoms with Crippen LogP contribution in [0.5, 0.6) is 5.75 Å². The van der Waals surface area contributed by atoms with Crippen molar-refractivity contribution in [1.29, 1.82) is 0 Å². The molecule has 0 bridgehead atoms. The summed E-state index contributed by atoms with van der Waals surface area (Å²) in [7, 11) is 1.37. The lowest BCUT2D eigenvalue weighted by molar-refractivity contribution is -0.150. The molecule has 28 heavy (non-hydrogen) atoms. The third kappa shape index (κ3) is 3.07. The van der Waals surface area contributed by atoms with Crippen molar-refractivity contribution in [2.75, 3.05) is 7.11 Å². The Morgan fingerprint density at radius 3 is 2.00 bits per heavy atom. The summed E-state index contributed by atoms with van der Waals surface area (Å²) in [5, 5.41) is 0. The summed E-state index contributed by atoms with van der Waals surface area (Å²) in [4.78, 5) is 17.7. The zero-order valence-corrected chi connectivity index (χ0v) is 15.8. The summed E-state index contributed by atoms with van der Waals surface area (Å²) in [5.41, 5.74) is 2.71. The molecule has 0 fully saturated rings. The molecule has 2 atom stereocenters. The second kappa shape index (κ2) is 7.31. The maximum atomic E-state index is 12.5. The van der Waals surface area contributed by atoms with Crippen LogP contribution in [0.3, 0.4) is 0 Å². The maximum Gasteiger partial charge on any atom is 0.350 e. The van der Waals surface area contributed by atoms with Gasteiger partial charge in [0.05, 0.1) is 12.8 Å². The number of para-hydroxylation sites is 1. The fraction of sp³-hybridized carbons (Fsp3) is 0.167. The predicted molar refractivity (Wildman–Crippen MR) is 109 cm³/mol. The molecular weight excluding hydrogens is 350 g/mol. The van der Waals surface area contributed by atoms with Crippen LogP contribution in [0.2, 0.25) is 0 Å². The van der Waals surface area contributed by atoms with Gasteiger partial charge in [-0.2, -0.15) is 0 Å². The van der Waals surface area contributed by atoms with E-state index in [-0.39, 0.29) is 0 Å². The second-order valence-electron chi connectivity index (χ2n) is 6.86. The molecule has 4 nitrogen and oxygen atoms in total. The number of rotatable bonds is 4. The van der Waals surface area contributed by atoms with Crippen molar-refractivity contribution in [2.45, 2.75) is 18.6 Å². The predicted octanol–water partition coefficient (Wildman–Crippen LogP) is 4.37. The largest absolute Gasteiger partial charge is 0.475 e. The molecule has 1 aliphatic heterocycles. The number of fused-ring (bicyclic) bond motifs is 1. The lowest BCUT2D eigenvalue weighted by Crippen LogP contribution is -2.41. The summed E-state index contributed by atoms with van der Waals surface area (Å²) in [6.07, 6.45) is -0.850. The first kappa shape index (κ1) is 18.0. The van der Waals surface area contributed by atoms with Crippen LogP contribution >= 0.6 is 0 Å². The van der Waals surface area contributed by atoms with Crippen molar-refractivity contribution in [2.24, 2.45) is 4.99 Å². The zero-order chi connectivity index (χ0) is 19.6. The van der Waals surface area contributed by atoms with Gasteiger partial charge in [0.2, 0.25) is 6.10 Å². The molecule has 0 spiro atoms. The molecule has 0 aromatic heterocycles. The van der Waals surface area contributed by atoms with Crippen molar-refractivity contribution in [3.05, 3.63) is 102 Å². The highest BCUT2D eigenvalue weighted by Gasteiger charge is 2.50. The molecule has 4 heteroatoms. The minimum Gasteiger partial charge on any atom is -0.475 e. The molecule has 0 unspecified atom stereocenters. The van der Waals surface area contributed by atoms with Crippen molar-refractivity contribution in [1.82, 2.24) is 0 Å². The Morgan fingerprint density at radius 2 is 1.43 bits per heavy atom. The van der Waals surface area contributed by atoms with E-state index in [4.69, 9.17) is 14.5 Å². The van der Waals surface area contributed by atoms with Crippen molar-refractivity contribution < 1.29 is 14.3 Å². The van der Waals surface area contributed by atoms with E-state index in [2.05, 4.69) is 0 Å². The quantitative estimate of drug-likeness (QED) is 0.505. The van der Waals surface area contributed by atoms with Crippen LogP contribution in [-0.4, -0.2) is 24.9 Å². The fourth-order valence-corrected chi connectivity index (χ4v) is 3.59. The lowest BCUT2D eigenvalue weighted by Gasteiger charge is -2.26. The highest BCUT2D eigenvalue weighted by molar-refractivity contribution is 6.13. The topological polar surface area (TPSA) is 47.9 Å². The summed E-state index contributed by atoms with van der Waals surface area (Å²) in [6.45, 7) is 1.92. The van der Waals surface area contributed by atoms with Crippen molar-refractivity contribution in [3.8, 4) is 5.75 Å². The Morgan fingerprint density at radius 1 is 0.893 bits per heavy atom. The van der Waals surface area contributed by atoms with Gasteiger partial charge in [-0.3, -0.25) is 4.99 Å². The highest BCUT2D eigenvalue weighted by atomic mass is 16.6. The van der Waals surface area contributed by atoms with Crippen LogP contribution in [0.1, 0.15) is 23.6 Å². The Bertz CT molecular complexity index is 973. The van der Waals surface area contributed by atoms with Crippen LogP contribution in [0, 0.1) is 0 Å². The van der Waals surface area contributed by atoms with Crippen LogP contribution < -0.4 is 4.74 Å². The van der Waals surface area contributed by atoms with Crippen LogP contribution in [0.25, 0.3) is 0 Å². The average Bonchev–Trinajstić information content (AvgIpc) is 3.05. The number of nitrogens with zero attached hydrogens (tertiary/aromatic N) is 1. The number of benzene rings is 3. The smallest absolute Gasteiger partial charge is 0.350 e. The first-order chi connectivity index (χ1) is 13.6. The number of carbonyl (C=O) groups excluding carboxylic acids is 1. The molecular formula is C24H21NO3. The van der Waals surface area contributed by atoms with Crippen molar-refractivity contribution in [3.63, 3.8) is 0 Å². The van der Waals surface area contributed by atoms with Gasteiger partial charge < -0.3 is 9.47 Å². The van der Waals surface area contributed by atoms with E-state index < -0.39 is 17.6 Å². The van der Waals surface area contributed by atoms with Gasteiger partial charge in [0, 0.05) is 16.7 Å². The van der Waals surface area contributed by atoms with E-state index in [1.165, 1.54) is 7.11 Å². The molecule has 0 saturated heterocycles. The van der Waals surface area contributed by atoms with Gasteiger partial charge in [0.25, 0.3) is 0 Å². The van der Waals surface area contributed by atoms with Gasteiger partial charge in [0.15, 0.2) is 0 Å². The summed E-state index contributed by atoms with van der Waals surface area (Å²) >= 11 is 0. The van der Waals surface area contributed by atoms with E-state index >= 15 is 0 Å². The van der Waals surface area contributed by atoms with Gasteiger partial charge >= 0.3 is 5.97 Å². The van der Waals surface area contributed by atoms with Gasteiger partial charge in [-0.15, -0.1) is 0 Å². The van der Waals surface area contributed by atoms with Gasteiger partial charge in [-0.1, -0.05) is 78.9 Å². The molecule has 0 saturated carbocycles. The number of hydrogen-bond donors (Lipinski definition) is 0. The second-order valence-corrected chi connectivity index (χ2v) is 6.86. The number of methoxy groups -OCH3 is 1. The number of esters is 1. The van der Waals surface area contributed by atoms with Crippen LogP contribution in [0.15, 0.2) is 89.9 Å². The fourth-order valence-electron chi connectivity index (χ4n) is 3.59. The zero-order valence-electron chi connectivity index (χ0n) is 15.8. The van der Waals surface area contributed by atoms with E-state index in [0.29, 0.717) is 5.75 Å². The van der Waals surface area contributed by atoms with E-state index in [0.717, 1.165) is 22.4 Å². The van der Waals surface area contributed by atoms with E-state index in [9.17, 15) is 4.79 Å². The molecule has 0 amide bonds. The maximum absolute atomic E-state index is 12.5. The van der Waals surface area contributed by atoms with E-state index in [1.807, 2.05) is 91.9 Å². The summed E-state index contributed by atoms with van der Waals surface area (Å²) < 4.78 is 11.0. The molecule has 3 aromatic carbocycles. The van der Waals surface area contributed by atoms with Gasteiger partial charge in [-0.25, -0.2) is 4.79 Å². The van der Waals surface area contributed by atoms with E-state index in [1.54, 1.807) is 0 Å². The van der Waals surface area contributed by atoms with Gasteiger partial charge in [-0.05, 0) is 13.0 Å². The third-order valence-corrected chi connectivity index (χ3v) is 5.04. The Labute approximate surface area is 164 Å². The summed E-state index contributed by atoms with van der Waals surface area (Å²) in [6, 6.07) is 27.6. The molecule has 0 aliphatic carbocycles. The molecule has 0 N–H and O–H groups in total. The highest BCUT2D eigenvalue weighted by Crippen LogP contribution is 2.45. The van der Waals surface area contributed by atoms with Crippen LogP contribution in [-0.2, 0) is 15.1 Å². The Balaban J connectivity index is 1.94. The monoisotopic (exact) mass is 371 g/mol. The first-order valence-electron chi connectivity index (χ1n) is 9.18. The molecule has 1 heterocycles. The van der Waals surface area contributed by atoms with Crippen molar-refractivity contribution >= 4 is 11.7 Å². The number of ether oxygens (including phenoxy) is 2. The minimum atomic E-state index is -0.912. The number of hydrogen-bond acceptors (Lipinski definition) is 4. The Kier molecular flexibility index (Phi) is 4.70. The summed E-state index contributed by atoms with van der Waals surface area (Å²) in [5.74, 6) is 0.215. The van der Waals surface area contributed by atoms with Crippen LogP contribution in [0.4, 0.5) is 0 Å². The molecule has 0 radical (unpaired) electrons. The third-order valence-electron chi connectivity index (χ3n) is 5.04. The standard InChI is InChI=1S/C24H21NO3/c1-24(19-15-9-10-16-20(19)28-22(24)23(26)27-2)25-21(17-11-5-3-6-12-17)18-13-7-4-8-14-18/h3-16,22H,1-2H3/t22-,24+/m0/s1. The molecule has 1 aliphatic rings. The number of aliphatic imine (C=N–C) groups is 1. The average molecular weight is 371 g/mol. The van der Waals surface area contributed by atoms with Gasteiger partial charge in [0.1, 0.15) is 11.3 Å². The molecule has 4 rings (SSSR count). The molecule has 3 aromatic rings. The molecule has 140 valence electrons. The SMILES string of the molecule is COC(=O)[C@@H]1Oc2ccccc2[C@@]1(C)N=C(c1ccccc1)c1ccccc1. The normalized spacial score (nSPS) is 20.0. The minimum absolute atomic E-state index is 0.442.